The molecule has 0 saturated carbocycles. The van der Waals surface area contributed by atoms with Crippen LogP contribution in [0.15, 0.2) is 71.1 Å². The fraction of sp³-hybridized carbons (Fsp3) is 0.250. The fourth-order valence-corrected chi connectivity index (χ4v) is 4.53. The molecule has 3 aromatic carbocycles. The van der Waals surface area contributed by atoms with Gasteiger partial charge < -0.3 is 15.1 Å². The van der Waals surface area contributed by atoms with Crippen LogP contribution in [-0.2, 0) is 6.54 Å². The molecule has 1 aromatic heterocycles. The molecule has 2 N–H and O–H groups in total. The molecule has 0 unspecified atom stereocenters. The molecule has 0 atom stereocenters. The number of fused-ring (bicyclic) bond motifs is 1. The van der Waals surface area contributed by atoms with Gasteiger partial charge in [-0.15, -0.1) is 0 Å². The summed E-state index contributed by atoms with van der Waals surface area (Å²) in [6.07, 6.45) is -0.567. The van der Waals surface area contributed by atoms with E-state index in [-0.39, 0.29) is 31.8 Å². The predicted octanol–water partition coefficient (Wildman–Crippen LogP) is 6.41. The minimum atomic E-state index is -2.68. The number of rotatable bonds is 4. The van der Waals surface area contributed by atoms with Gasteiger partial charge in [0, 0.05) is 42.4 Å². The molecule has 174 valence electrons. The summed E-state index contributed by atoms with van der Waals surface area (Å²) in [5.41, 5.74) is 12.2. The fourth-order valence-electron chi connectivity index (χ4n) is 4.53. The van der Waals surface area contributed by atoms with E-state index in [1.54, 1.807) is 12.1 Å². The Labute approximate surface area is 197 Å². The maximum Gasteiger partial charge on any atom is 0.253 e. The van der Waals surface area contributed by atoms with Crippen molar-refractivity contribution >= 4 is 16.9 Å². The van der Waals surface area contributed by atoms with Crippen molar-refractivity contribution in [2.24, 2.45) is 5.73 Å². The number of nitrogens with two attached hydrogens (primary N) is 1. The molecule has 0 radical (unpaired) electrons. The van der Waals surface area contributed by atoms with Gasteiger partial charge in [0.2, 0.25) is 0 Å². The van der Waals surface area contributed by atoms with Crippen LogP contribution < -0.4 is 5.73 Å². The summed E-state index contributed by atoms with van der Waals surface area (Å²) in [6.45, 7) is 2.52. The van der Waals surface area contributed by atoms with E-state index in [4.69, 9.17) is 10.2 Å². The van der Waals surface area contributed by atoms with Crippen LogP contribution in [0.25, 0.3) is 33.2 Å². The van der Waals surface area contributed by atoms with E-state index in [9.17, 15) is 13.6 Å². The van der Waals surface area contributed by atoms with Crippen molar-refractivity contribution < 1.29 is 18.0 Å². The van der Waals surface area contributed by atoms with E-state index >= 15 is 0 Å². The van der Waals surface area contributed by atoms with Crippen molar-refractivity contribution in [2.75, 3.05) is 13.1 Å². The molecule has 1 aliphatic heterocycles. The van der Waals surface area contributed by atoms with E-state index in [1.807, 2.05) is 24.3 Å². The van der Waals surface area contributed by atoms with Gasteiger partial charge in [-0.25, -0.2) is 8.78 Å². The minimum absolute atomic E-state index is 0.0775. The summed E-state index contributed by atoms with van der Waals surface area (Å²) in [5.74, 6) is -2.17. The Morgan fingerprint density at radius 3 is 2.38 bits per heavy atom. The number of carbonyl (C=O) groups is 1. The summed E-state index contributed by atoms with van der Waals surface area (Å²) in [4.78, 5) is 14.3. The number of piperidine rings is 1. The van der Waals surface area contributed by atoms with Crippen molar-refractivity contribution in [3.8, 4) is 22.3 Å². The molecular formula is C28H26F2N2O2. The quantitative estimate of drug-likeness (QED) is 0.383. The van der Waals surface area contributed by atoms with Crippen LogP contribution >= 0.6 is 0 Å². The molecule has 1 amide bonds. The second-order valence-corrected chi connectivity index (χ2v) is 8.95. The number of hydrogen-bond donors (Lipinski definition) is 1. The summed E-state index contributed by atoms with van der Waals surface area (Å²) >= 11 is 0. The molecule has 0 bridgehead atoms. The average molecular weight is 461 g/mol. The lowest BCUT2D eigenvalue weighted by Gasteiger charge is -2.31. The number of aryl methyl sites for hydroxylation is 1. The van der Waals surface area contributed by atoms with Crippen LogP contribution in [-0.4, -0.2) is 29.8 Å². The third-order valence-corrected chi connectivity index (χ3v) is 6.44. The van der Waals surface area contributed by atoms with Crippen LogP contribution in [0.3, 0.4) is 0 Å². The van der Waals surface area contributed by atoms with Crippen molar-refractivity contribution in [1.82, 2.24) is 4.90 Å². The van der Waals surface area contributed by atoms with E-state index in [2.05, 4.69) is 37.3 Å². The Morgan fingerprint density at radius 2 is 1.71 bits per heavy atom. The molecule has 4 aromatic rings. The number of nitrogens with zero attached hydrogens (tertiary/aromatic N) is 1. The molecule has 34 heavy (non-hydrogen) atoms. The van der Waals surface area contributed by atoms with Crippen LogP contribution in [0.4, 0.5) is 8.78 Å². The molecule has 4 nitrogen and oxygen atoms in total. The smallest absolute Gasteiger partial charge is 0.253 e. The number of alkyl halides is 2. The topological polar surface area (TPSA) is 59.5 Å². The Balaban J connectivity index is 1.49. The number of hydrogen-bond acceptors (Lipinski definition) is 3. The zero-order valence-corrected chi connectivity index (χ0v) is 19.0. The van der Waals surface area contributed by atoms with Crippen LogP contribution in [0.2, 0.25) is 0 Å². The molecule has 5 rings (SSSR count). The largest absolute Gasteiger partial charge is 0.459 e. The zero-order chi connectivity index (χ0) is 23.9. The van der Waals surface area contributed by atoms with Gasteiger partial charge in [0.25, 0.3) is 11.8 Å². The normalized spacial score (nSPS) is 15.6. The lowest BCUT2D eigenvalue weighted by atomic mass is 9.95. The highest BCUT2D eigenvalue weighted by Gasteiger charge is 2.35. The molecule has 0 aliphatic carbocycles. The molecule has 6 heteroatoms. The van der Waals surface area contributed by atoms with Gasteiger partial charge in [0.15, 0.2) is 0 Å². The first kappa shape index (κ1) is 22.3. The third-order valence-electron chi connectivity index (χ3n) is 6.44. The van der Waals surface area contributed by atoms with Gasteiger partial charge in [-0.05, 0) is 53.9 Å². The average Bonchev–Trinajstić information content (AvgIpc) is 3.26. The van der Waals surface area contributed by atoms with E-state index in [0.29, 0.717) is 17.9 Å². The summed E-state index contributed by atoms with van der Waals surface area (Å²) < 4.78 is 32.9. The molecule has 0 spiro atoms. The number of likely N-dealkylation sites (tertiary alicyclic amines) is 1. The van der Waals surface area contributed by atoms with Gasteiger partial charge in [0.05, 0.1) is 6.54 Å². The maximum absolute atomic E-state index is 13.4. The number of amides is 1. The monoisotopic (exact) mass is 460 g/mol. The van der Waals surface area contributed by atoms with Crippen molar-refractivity contribution in [3.63, 3.8) is 0 Å². The van der Waals surface area contributed by atoms with Gasteiger partial charge in [-0.2, -0.15) is 0 Å². The van der Waals surface area contributed by atoms with E-state index in [0.717, 1.165) is 38.8 Å². The van der Waals surface area contributed by atoms with Crippen molar-refractivity contribution in [2.45, 2.75) is 32.2 Å². The van der Waals surface area contributed by atoms with E-state index < -0.39 is 5.92 Å². The van der Waals surface area contributed by atoms with Crippen molar-refractivity contribution in [1.29, 1.82) is 0 Å². The van der Waals surface area contributed by atoms with Gasteiger partial charge in [-0.3, -0.25) is 4.79 Å². The first-order valence-electron chi connectivity index (χ1n) is 11.4. The number of carbonyl (C=O) groups excluding carboxylic acids is 1. The standard InChI is InChI=1S/C28H26F2N2O2/c1-18-3-2-4-21(13-18)25-16-22(14-23-15-24(17-31)34-26(23)25)19-5-7-20(8-6-19)27(33)32-11-9-28(29,30)10-12-32/h2-8,13-16H,9-12,17,31H2,1H3. The lowest BCUT2D eigenvalue weighted by molar-refractivity contribution is -0.0494. The highest BCUT2D eigenvalue weighted by Crippen LogP contribution is 2.36. The second-order valence-electron chi connectivity index (χ2n) is 8.95. The van der Waals surface area contributed by atoms with Gasteiger partial charge in [-0.1, -0.05) is 42.0 Å². The summed E-state index contributed by atoms with van der Waals surface area (Å²) in [7, 11) is 0. The third kappa shape index (κ3) is 4.33. The maximum atomic E-state index is 13.4. The minimum Gasteiger partial charge on any atom is -0.459 e. The van der Waals surface area contributed by atoms with Gasteiger partial charge in [0.1, 0.15) is 11.3 Å². The second kappa shape index (κ2) is 8.69. The number of furan rings is 1. The lowest BCUT2D eigenvalue weighted by Crippen LogP contribution is -2.42. The first-order valence-corrected chi connectivity index (χ1v) is 11.4. The molecule has 1 saturated heterocycles. The molecule has 1 fully saturated rings. The highest BCUT2D eigenvalue weighted by atomic mass is 19.3. The molecular weight excluding hydrogens is 434 g/mol. The Hall–Kier alpha value is -3.51. The summed E-state index contributed by atoms with van der Waals surface area (Å²) in [5, 5.41) is 0.962. The Kier molecular flexibility index (Phi) is 5.70. The first-order chi connectivity index (χ1) is 16.3. The highest BCUT2D eigenvalue weighted by molar-refractivity contribution is 5.98. The van der Waals surface area contributed by atoms with Gasteiger partial charge >= 0.3 is 0 Å². The van der Waals surface area contributed by atoms with E-state index in [1.165, 1.54) is 4.90 Å². The van der Waals surface area contributed by atoms with Crippen LogP contribution in [0.5, 0.6) is 0 Å². The SMILES string of the molecule is Cc1cccc(-c2cc(-c3ccc(C(=O)N4CCC(F)(F)CC4)cc3)cc3cc(CN)oc23)c1. The van der Waals surface area contributed by atoms with Crippen LogP contribution in [0, 0.1) is 6.92 Å². The molecule has 1 aliphatic rings. The van der Waals surface area contributed by atoms with Crippen molar-refractivity contribution in [3.05, 3.63) is 83.6 Å². The molecule has 2 heterocycles. The zero-order valence-electron chi connectivity index (χ0n) is 19.0. The summed E-state index contributed by atoms with van der Waals surface area (Å²) in [6, 6.07) is 21.7. The van der Waals surface area contributed by atoms with Crippen LogP contribution in [0.1, 0.15) is 34.5 Å². The predicted molar refractivity (Wildman–Crippen MR) is 130 cm³/mol. The number of benzene rings is 3. The Bertz CT molecular complexity index is 1350. The number of halogens is 2. The Morgan fingerprint density at radius 1 is 0.971 bits per heavy atom.